The molecule has 3 aromatic rings. The molecule has 0 amide bonds. The topological polar surface area (TPSA) is 54.0 Å². The van der Waals surface area contributed by atoms with Crippen LogP contribution in [0.15, 0.2) is 72.8 Å². The molecule has 0 bridgehead atoms. The van der Waals surface area contributed by atoms with E-state index >= 15 is 0 Å². The maximum absolute atomic E-state index is 13.3. The van der Waals surface area contributed by atoms with Gasteiger partial charge >= 0.3 is 0 Å². The van der Waals surface area contributed by atoms with E-state index in [9.17, 15) is 9.50 Å². The minimum atomic E-state index is -0.636. The summed E-state index contributed by atoms with van der Waals surface area (Å²) in [4.78, 5) is 2.06. The van der Waals surface area contributed by atoms with Crippen LogP contribution in [0.2, 0.25) is 0 Å². The number of rotatable bonds is 12. The fourth-order valence-corrected chi connectivity index (χ4v) is 3.50. The van der Waals surface area contributed by atoms with Crippen molar-refractivity contribution >= 4 is 0 Å². The van der Waals surface area contributed by atoms with Crippen molar-refractivity contribution in [1.82, 2.24) is 10.2 Å². The van der Waals surface area contributed by atoms with E-state index in [0.29, 0.717) is 31.1 Å². The molecular formula is C26H31FN2O3. The monoisotopic (exact) mass is 438 g/mol. The molecule has 0 spiro atoms. The van der Waals surface area contributed by atoms with Gasteiger partial charge in [0.05, 0.1) is 7.11 Å². The lowest BCUT2D eigenvalue weighted by Gasteiger charge is -2.21. The van der Waals surface area contributed by atoms with E-state index in [1.54, 1.807) is 13.2 Å². The van der Waals surface area contributed by atoms with Crippen molar-refractivity contribution in [3.8, 4) is 11.5 Å². The van der Waals surface area contributed by atoms with Crippen molar-refractivity contribution in [3.63, 3.8) is 0 Å². The van der Waals surface area contributed by atoms with Gasteiger partial charge in [-0.05, 0) is 48.0 Å². The first-order chi connectivity index (χ1) is 15.5. The molecule has 170 valence electrons. The zero-order chi connectivity index (χ0) is 22.8. The standard InChI is InChI=1S/C26H31FN2O3/c1-29(17-20-7-4-3-5-8-20)18-24(30)19-32-26-14-22(11-12-25(26)31-2)16-28-15-21-9-6-10-23(27)13-21/h3-14,24,28,30H,15-19H2,1-2H3. The average molecular weight is 439 g/mol. The van der Waals surface area contributed by atoms with Gasteiger partial charge in [0.2, 0.25) is 0 Å². The van der Waals surface area contributed by atoms with E-state index in [-0.39, 0.29) is 12.4 Å². The molecule has 0 radical (unpaired) electrons. The van der Waals surface area contributed by atoms with Crippen LogP contribution in [-0.4, -0.2) is 43.4 Å². The molecule has 1 unspecified atom stereocenters. The lowest BCUT2D eigenvalue weighted by atomic mass is 10.2. The van der Waals surface area contributed by atoms with Gasteiger partial charge in [-0.25, -0.2) is 4.39 Å². The van der Waals surface area contributed by atoms with E-state index < -0.39 is 6.10 Å². The molecule has 0 saturated heterocycles. The Morgan fingerprint density at radius 3 is 2.34 bits per heavy atom. The Hall–Kier alpha value is -2.93. The molecule has 0 saturated carbocycles. The maximum Gasteiger partial charge on any atom is 0.161 e. The number of ether oxygens (including phenoxy) is 2. The second-order valence-corrected chi connectivity index (χ2v) is 7.87. The van der Waals surface area contributed by atoms with Crippen molar-refractivity contribution in [3.05, 3.63) is 95.3 Å². The van der Waals surface area contributed by atoms with Crippen LogP contribution < -0.4 is 14.8 Å². The number of hydrogen-bond acceptors (Lipinski definition) is 5. The fourth-order valence-electron chi connectivity index (χ4n) is 3.50. The zero-order valence-electron chi connectivity index (χ0n) is 18.6. The second kappa shape index (κ2) is 12.2. The maximum atomic E-state index is 13.3. The molecule has 6 heteroatoms. The highest BCUT2D eigenvalue weighted by Crippen LogP contribution is 2.28. The Morgan fingerprint density at radius 2 is 1.62 bits per heavy atom. The van der Waals surface area contributed by atoms with E-state index in [2.05, 4.69) is 22.3 Å². The third-order valence-corrected chi connectivity index (χ3v) is 5.02. The SMILES string of the molecule is COc1ccc(CNCc2cccc(F)c2)cc1OCC(O)CN(C)Cc1ccccc1. The third-order valence-electron chi connectivity index (χ3n) is 5.02. The van der Waals surface area contributed by atoms with Crippen LogP contribution in [0.3, 0.4) is 0 Å². The summed E-state index contributed by atoms with van der Waals surface area (Å²) in [6.45, 7) is 2.57. The fraction of sp³-hybridized carbons (Fsp3) is 0.308. The van der Waals surface area contributed by atoms with E-state index in [1.807, 2.05) is 49.5 Å². The van der Waals surface area contributed by atoms with E-state index in [1.165, 1.54) is 17.7 Å². The largest absolute Gasteiger partial charge is 0.493 e. The lowest BCUT2D eigenvalue weighted by Crippen LogP contribution is -2.32. The molecular weight excluding hydrogens is 407 g/mol. The molecule has 0 fully saturated rings. The normalized spacial score (nSPS) is 12.0. The molecule has 0 heterocycles. The Morgan fingerprint density at radius 1 is 0.906 bits per heavy atom. The minimum absolute atomic E-state index is 0.162. The molecule has 1 atom stereocenters. The first-order valence-electron chi connectivity index (χ1n) is 10.7. The average Bonchev–Trinajstić information content (AvgIpc) is 2.78. The lowest BCUT2D eigenvalue weighted by molar-refractivity contribution is 0.0732. The van der Waals surface area contributed by atoms with Gasteiger partial charge in [0.25, 0.3) is 0 Å². The van der Waals surface area contributed by atoms with Crippen LogP contribution in [0.25, 0.3) is 0 Å². The Balaban J connectivity index is 1.49. The van der Waals surface area contributed by atoms with Crippen molar-refractivity contribution in [2.75, 3.05) is 27.3 Å². The highest BCUT2D eigenvalue weighted by atomic mass is 19.1. The summed E-state index contributed by atoms with van der Waals surface area (Å²) in [5.41, 5.74) is 3.09. The molecule has 32 heavy (non-hydrogen) atoms. The number of hydrogen-bond donors (Lipinski definition) is 2. The van der Waals surface area contributed by atoms with Crippen LogP contribution in [-0.2, 0) is 19.6 Å². The predicted molar refractivity (Wildman–Crippen MR) is 124 cm³/mol. The number of nitrogens with one attached hydrogen (secondary N) is 1. The highest BCUT2D eigenvalue weighted by molar-refractivity contribution is 5.43. The Bertz CT molecular complexity index is 968. The second-order valence-electron chi connectivity index (χ2n) is 7.87. The smallest absolute Gasteiger partial charge is 0.161 e. The Kier molecular flexibility index (Phi) is 9.04. The number of aliphatic hydroxyl groups excluding tert-OH is 1. The zero-order valence-corrected chi connectivity index (χ0v) is 18.6. The number of nitrogens with zero attached hydrogens (tertiary/aromatic N) is 1. The van der Waals surface area contributed by atoms with Crippen molar-refractivity contribution < 1.29 is 19.0 Å². The van der Waals surface area contributed by atoms with Crippen LogP contribution in [0.5, 0.6) is 11.5 Å². The van der Waals surface area contributed by atoms with E-state index in [0.717, 1.165) is 17.7 Å². The van der Waals surface area contributed by atoms with E-state index in [4.69, 9.17) is 9.47 Å². The van der Waals surface area contributed by atoms with Crippen molar-refractivity contribution in [1.29, 1.82) is 0 Å². The summed E-state index contributed by atoms with van der Waals surface area (Å²) in [7, 11) is 3.57. The first-order valence-corrected chi connectivity index (χ1v) is 10.7. The molecule has 0 aromatic heterocycles. The predicted octanol–water partition coefficient (Wildman–Crippen LogP) is 4.00. The summed E-state index contributed by atoms with van der Waals surface area (Å²) in [6.07, 6.45) is -0.636. The van der Waals surface area contributed by atoms with Gasteiger partial charge in [-0.1, -0.05) is 48.5 Å². The van der Waals surface area contributed by atoms with Crippen LogP contribution >= 0.6 is 0 Å². The van der Waals surface area contributed by atoms with Gasteiger partial charge < -0.3 is 19.9 Å². The van der Waals surface area contributed by atoms with Gasteiger partial charge in [0, 0.05) is 26.2 Å². The highest BCUT2D eigenvalue weighted by Gasteiger charge is 2.12. The number of halogens is 1. The number of aliphatic hydroxyl groups is 1. The number of likely N-dealkylation sites (N-methyl/N-ethyl adjacent to an activating group) is 1. The van der Waals surface area contributed by atoms with Gasteiger partial charge in [0.15, 0.2) is 11.5 Å². The minimum Gasteiger partial charge on any atom is -0.493 e. The summed E-state index contributed by atoms with van der Waals surface area (Å²) in [5, 5.41) is 13.7. The Labute approximate surface area is 189 Å². The van der Waals surface area contributed by atoms with Crippen LogP contribution in [0.1, 0.15) is 16.7 Å². The van der Waals surface area contributed by atoms with Crippen LogP contribution in [0, 0.1) is 5.82 Å². The van der Waals surface area contributed by atoms with Gasteiger partial charge in [-0.2, -0.15) is 0 Å². The third kappa shape index (κ3) is 7.64. The molecule has 3 aromatic carbocycles. The molecule has 0 aliphatic carbocycles. The van der Waals surface area contributed by atoms with Gasteiger partial charge in [0.1, 0.15) is 18.5 Å². The molecule has 3 rings (SSSR count). The summed E-state index contributed by atoms with van der Waals surface area (Å²) < 4.78 is 24.6. The number of benzene rings is 3. The molecule has 0 aliphatic heterocycles. The molecule has 5 nitrogen and oxygen atoms in total. The summed E-state index contributed by atoms with van der Waals surface area (Å²) in [6, 6.07) is 22.4. The number of methoxy groups -OCH3 is 1. The first kappa shape index (κ1) is 23.7. The molecule has 0 aliphatic rings. The van der Waals surface area contributed by atoms with Crippen LogP contribution in [0.4, 0.5) is 4.39 Å². The van der Waals surface area contributed by atoms with Gasteiger partial charge in [-0.15, -0.1) is 0 Å². The van der Waals surface area contributed by atoms with Crippen molar-refractivity contribution in [2.45, 2.75) is 25.7 Å². The summed E-state index contributed by atoms with van der Waals surface area (Å²) >= 11 is 0. The quantitative estimate of drug-likeness (QED) is 0.448. The van der Waals surface area contributed by atoms with Crippen molar-refractivity contribution in [2.24, 2.45) is 0 Å². The van der Waals surface area contributed by atoms with Gasteiger partial charge in [-0.3, -0.25) is 4.90 Å². The molecule has 2 N–H and O–H groups in total. The summed E-state index contributed by atoms with van der Waals surface area (Å²) in [5.74, 6) is 0.962.